The van der Waals surface area contributed by atoms with Gasteiger partial charge in [-0.1, -0.05) is 18.2 Å². The first-order valence-corrected chi connectivity index (χ1v) is 6.19. The van der Waals surface area contributed by atoms with Gasteiger partial charge in [0.15, 0.2) is 0 Å². The number of carbonyl (C=O) groups is 4. The fraction of sp³-hybridized carbons (Fsp3) is 0.286. The number of hydrogen-bond donors (Lipinski definition) is 1. The highest BCUT2D eigenvalue weighted by molar-refractivity contribution is 6.13. The number of rotatable bonds is 4. The Kier molecular flexibility index (Phi) is 4.02. The molecule has 1 aromatic carbocycles. The number of fused-ring (bicyclic) bond motifs is 1. The molecule has 1 N–H and O–H groups in total. The van der Waals surface area contributed by atoms with Crippen molar-refractivity contribution in [2.45, 2.75) is 12.3 Å². The lowest BCUT2D eigenvalue weighted by Gasteiger charge is -2.31. The second-order valence-electron chi connectivity index (χ2n) is 4.54. The van der Waals surface area contributed by atoms with Crippen LogP contribution in [0.4, 0.5) is 0 Å². The van der Waals surface area contributed by atoms with E-state index in [0.717, 1.165) is 12.0 Å². The first kappa shape index (κ1) is 14.7. The van der Waals surface area contributed by atoms with Crippen molar-refractivity contribution >= 4 is 23.8 Å². The Bertz CT molecular complexity index is 624. The number of imide groups is 1. The second-order valence-corrected chi connectivity index (χ2v) is 4.54. The maximum absolute atomic E-state index is 12.3. The molecule has 0 fully saturated rings. The van der Waals surface area contributed by atoms with Crippen molar-refractivity contribution in [1.29, 1.82) is 0 Å². The summed E-state index contributed by atoms with van der Waals surface area (Å²) in [4.78, 5) is 47.6. The molecular formula is C14H13NO6. The number of carboxylic acid groups (broad SMARTS) is 1. The third kappa shape index (κ3) is 2.76. The zero-order valence-electron chi connectivity index (χ0n) is 11.2. The van der Waals surface area contributed by atoms with Gasteiger partial charge in [0.2, 0.25) is 5.91 Å². The molecule has 110 valence electrons. The minimum Gasteiger partial charge on any atom is -0.481 e. The zero-order chi connectivity index (χ0) is 15.6. The lowest BCUT2D eigenvalue weighted by atomic mass is 9.86. The van der Waals surface area contributed by atoms with Crippen molar-refractivity contribution in [2.75, 3.05) is 13.7 Å². The van der Waals surface area contributed by atoms with E-state index < -0.39 is 42.6 Å². The van der Waals surface area contributed by atoms with Crippen molar-refractivity contribution in [1.82, 2.24) is 4.90 Å². The molecule has 21 heavy (non-hydrogen) atoms. The van der Waals surface area contributed by atoms with E-state index in [4.69, 9.17) is 5.11 Å². The average molecular weight is 291 g/mol. The molecule has 7 heteroatoms. The van der Waals surface area contributed by atoms with Gasteiger partial charge in [-0.05, 0) is 11.6 Å². The Morgan fingerprint density at radius 2 is 1.95 bits per heavy atom. The fourth-order valence-corrected chi connectivity index (χ4v) is 2.28. The number of esters is 1. The first-order chi connectivity index (χ1) is 9.95. The van der Waals surface area contributed by atoms with Crippen LogP contribution in [0.3, 0.4) is 0 Å². The van der Waals surface area contributed by atoms with Crippen LogP contribution in [-0.4, -0.2) is 47.4 Å². The Hall–Kier alpha value is -2.70. The normalized spacial score (nSPS) is 17.4. The van der Waals surface area contributed by atoms with Crippen LogP contribution in [0.5, 0.6) is 0 Å². The average Bonchev–Trinajstić information content (AvgIpc) is 2.47. The predicted octanol–water partition coefficient (Wildman–Crippen LogP) is 0.400. The Labute approximate surface area is 120 Å². The molecule has 2 amide bonds. The van der Waals surface area contributed by atoms with Crippen molar-refractivity contribution in [3.63, 3.8) is 0 Å². The van der Waals surface area contributed by atoms with E-state index >= 15 is 0 Å². The lowest BCUT2D eigenvalue weighted by molar-refractivity contribution is -0.147. The zero-order valence-corrected chi connectivity index (χ0v) is 11.2. The summed E-state index contributed by atoms with van der Waals surface area (Å²) in [5.41, 5.74) is 0.600. The van der Waals surface area contributed by atoms with Gasteiger partial charge in [0.1, 0.15) is 6.54 Å². The van der Waals surface area contributed by atoms with Gasteiger partial charge in [0.25, 0.3) is 5.91 Å². The minimum absolute atomic E-state index is 0.229. The molecule has 0 aromatic heterocycles. The van der Waals surface area contributed by atoms with Gasteiger partial charge in [-0.2, -0.15) is 0 Å². The fourth-order valence-electron chi connectivity index (χ4n) is 2.28. The highest BCUT2D eigenvalue weighted by Crippen LogP contribution is 2.31. The van der Waals surface area contributed by atoms with Gasteiger partial charge in [0.05, 0.1) is 19.4 Å². The molecule has 0 saturated carbocycles. The number of nitrogens with zero attached hydrogens (tertiary/aromatic N) is 1. The van der Waals surface area contributed by atoms with Gasteiger partial charge < -0.3 is 9.84 Å². The number of carboxylic acids is 1. The number of ether oxygens (including phenoxy) is 1. The van der Waals surface area contributed by atoms with Gasteiger partial charge in [-0.25, -0.2) is 0 Å². The van der Waals surface area contributed by atoms with E-state index in [2.05, 4.69) is 4.74 Å². The summed E-state index contributed by atoms with van der Waals surface area (Å²) in [5, 5.41) is 8.94. The van der Waals surface area contributed by atoms with E-state index in [-0.39, 0.29) is 5.56 Å². The lowest BCUT2D eigenvalue weighted by Crippen LogP contribution is -2.47. The number of aliphatic carboxylic acids is 1. The van der Waals surface area contributed by atoms with Gasteiger partial charge in [0, 0.05) is 5.56 Å². The number of benzene rings is 1. The molecule has 0 saturated heterocycles. The quantitative estimate of drug-likeness (QED) is 0.636. The van der Waals surface area contributed by atoms with Crippen LogP contribution in [0.15, 0.2) is 24.3 Å². The van der Waals surface area contributed by atoms with Crippen LogP contribution in [0.2, 0.25) is 0 Å². The van der Waals surface area contributed by atoms with Crippen LogP contribution >= 0.6 is 0 Å². The smallest absolute Gasteiger partial charge is 0.325 e. The van der Waals surface area contributed by atoms with Crippen LogP contribution in [0.1, 0.15) is 28.3 Å². The van der Waals surface area contributed by atoms with Crippen LogP contribution in [0.25, 0.3) is 0 Å². The van der Waals surface area contributed by atoms with Crippen LogP contribution in [0, 0.1) is 0 Å². The Morgan fingerprint density at radius 1 is 1.29 bits per heavy atom. The van der Waals surface area contributed by atoms with Gasteiger partial charge >= 0.3 is 11.9 Å². The molecule has 1 aromatic rings. The van der Waals surface area contributed by atoms with Gasteiger partial charge in [-0.15, -0.1) is 0 Å². The largest absolute Gasteiger partial charge is 0.481 e. The summed E-state index contributed by atoms with van der Waals surface area (Å²) in [5.74, 6) is -4.21. The predicted molar refractivity (Wildman–Crippen MR) is 69.5 cm³/mol. The summed E-state index contributed by atoms with van der Waals surface area (Å²) in [6.07, 6.45) is -0.444. The van der Waals surface area contributed by atoms with Gasteiger partial charge in [-0.3, -0.25) is 24.1 Å². The molecule has 0 bridgehead atoms. The molecule has 0 radical (unpaired) electrons. The van der Waals surface area contributed by atoms with Crippen molar-refractivity contribution in [3.8, 4) is 0 Å². The van der Waals surface area contributed by atoms with Crippen molar-refractivity contribution in [2.24, 2.45) is 0 Å². The Balaban J connectivity index is 2.44. The maximum atomic E-state index is 12.3. The van der Waals surface area contributed by atoms with Crippen LogP contribution < -0.4 is 0 Å². The molecule has 1 unspecified atom stereocenters. The van der Waals surface area contributed by atoms with E-state index in [1.807, 2.05) is 0 Å². The second kappa shape index (κ2) is 5.74. The third-order valence-electron chi connectivity index (χ3n) is 3.27. The standard InChI is InChI=1S/C14H13NO6/c1-21-12(18)7-15-13(19)9-5-3-2-4-8(9)10(14(15)20)6-11(16)17/h2-5,10H,6-7H2,1H3,(H,16,17). The van der Waals surface area contributed by atoms with E-state index in [1.165, 1.54) is 6.07 Å². The SMILES string of the molecule is COC(=O)CN1C(=O)c2ccccc2C(CC(=O)O)C1=O. The van der Waals surface area contributed by atoms with Crippen molar-refractivity contribution < 1.29 is 29.0 Å². The Morgan fingerprint density at radius 3 is 2.57 bits per heavy atom. The maximum Gasteiger partial charge on any atom is 0.325 e. The number of amides is 2. The summed E-state index contributed by atoms with van der Waals surface area (Å²) < 4.78 is 4.45. The van der Waals surface area contributed by atoms with E-state index in [0.29, 0.717) is 5.56 Å². The monoisotopic (exact) mass is 291 g/mol. The number of carbonyl (C=O) groups excluding carboxylic acids is 3. The molecule has 1 aliphatic rings. The number of methoxy groups -OCH3 is 1. The molecule has 7 nitrogen and oxygen atoms in total. The molecule has 1 atom stereocenters. The summed E-state index contributed by atoms with van der Waals surface area (Å²) in [6, 6.07) is 6.29. The molecule has 2 rings (SSSR count). The highest BCUT2D eigenvalue weighted by atomic mass is 16.5. The molecule has 1 heterocycles. The van der Waals surface area contributed by atoms with Crippen LogP contribution in [-0.2, 0) is 19.1 Å². The molecule has 0 spiro atoms. The summed E-state index contributed by atoms with van der Waals surface area (Å²) in [6.45, 7) is -0.529. The van der Waals surface area contributed by atoms with Crippen molar-refractivity contribution in [3.05, 3.63) is 35.4 Å². The molecule has 0 aliphatic carbocycles. The first-order valence-electron chi connectivity index (χ1n) is 6.19. The third-order valence-corrected chi connectivity index (χ3v) is 3.27. The molecular weight excluding hydrogens is 278 g/mol. The molecule has 1 aliphatic heterocycles. The highest BCUT2D eigenvalue weighted by Gasteiger charge is 2.40. The van der Waals surface area contributed by atoms with E-state index in [9.17, 15) is 19.2 Å². The summed E-state index contributed by atoms with van der Waals surface area (Å²) in [7, 11) is 1.14. The summed E-state index contributed by atoms with van der Waals surface area (Å²) >= 11 is 0. The number of hydrogen-bond acceptors (Lipinski definition) is 5. The van der Waals surface area contributed by atoms with E-state index in [1.54, 1.807) is 18.2 Å². The topological polar surface area (TPSA) is 101 Å². The minimum atomic E-state index is -1.16.